The molecule has 0 radical (unpaired) electrons. The summed E-state index contributed by atoms with van der Waals surface area (Å²) in [5.41, 5.74) is 7.06. The van der Waals surface area contributed by atoms with E-state index in [1.165, 1.54) is 10.4 Å². The number of anilines is 6. The van der Waals surface area contributed by atoms with Gasteiger partial charge >= 0.3 is 0 Å². The SMILES string of the molecule is [2H]c1c([2H])c([2H])c(-c2cc(C(C)(C)C)cc(-c3c([2H])c([2H])c([2H])c([2H])c3[2H])c2N2c3cc(-c4cccc([Si](C)(C)C)c4)ccc3B3c4ccc(-c5cccc([Si](C)(C)C)c5)cc4N(c4c(-c5c([2H])c([2H])c([2H])c([2H])c5[2H])cc(C(C)(C)C)cc4-c4c([2H])c([2H])c([2H])c([2H])c4[2H])c4cc(C5CCCCC5)cc2c43)c([2H])c1[2H]. The van der Waals surface area contributed by atoms with Crippen LogP contribution in [0, 0.1) is 0 Å². The van der Waals surface area contributed by atoms with E-state index in [1.54, 1.807) is 24.3 Å². The van der Waals surface area contributed by atoms with Crippen LogP contribution >= 0.6 is 0 Å². The van der Waals surface area contributed by atoms with Crippen LogP contribution in [-0.2, 0) is 10.8 Å². The Morgan fingerprint density at radius 1 is 0.374 bits per heavy atom. The second-order valence-corrected chi connectivity index (χ2v) is 39.1. The summed E-state index contributed by atoms with van der Waals surface area (Å²) >= 11 is 0. The predicted molar refractivity (Wildman–Crippen MR) is 402 cm³/mol. The number of hydrogen-bond acceptors (Lipinski definition) is 2. The highest BCUT2D eigenvalue weighted by atomic mass is 28.3. The van der Waals surface area contributed by atoms with Crippen LogP contribution in [0.3, 0.4) is 0 Å². The average Bonchev–Trinajstić information content (AvgIpc) is 0.687. The predicted octanol–water partition coefficient (Wildman–Crippen LogP) is 21.5. The minimum absolute atomic E-state index is 0.0801. The molecule has 0 spiro atoms. The molecular formula is C86H87BN2Si2. The quantitative estimate of drug-likeness (QED) is 0.119. The van der Waals surface area contributed by atoms with E-state index in [0.717, 1.165) is 47.1 Å². The largest absolute Gasteiger partial charge is 0.310 e. The third-order valence-corrected chi connectivity index (χ3v) is 22.9. The van der Waals surface area contributed by atoms with Crippen LogP contribution in [0.15, 0.2) is 242 Å². The van der Waals surface area contributed by atoms with Gasteiger partial charge in [0.1, 0.15) is 0 Å². The molecule has 11 aromatic carbocycles. The van der Waals surface area contributed by atoms with Crippen LogP contribution in [0.25, 0.3) is 66.8 Å². The lowest BCUT2D eigenvalue weighted by atomic mass is 9.33. The topological polar surface area (TPSA) is 6.48 Å². The third-order valence-electron chi connectivity index (χ3n) is 18.8. The van der Waals surface area contributed by atoms with Crippen LogP contribution in [-0.4, -0.2) is 22.9 Å². The van der Waals surface area contributed by atoms with Gasteiger partial charge in [-0.3, -0.25) is 0 Å². The molecule has 11 aromatic rings. The van der Waals surface area contributed by atoms with Gasteiger partial charge in [0.25, 0.3) is 6.71 Å². The van der Waals surface area contributed by atoms with Crippen LogP contribution in [0.2, 0.25) is 39.3 Å². The Labute approximate surface area is 573 Å². The average molecular weight is 1240 g/mol. The van der Waals surface area contributed by atoms with Crippen LogP contribution in [0.4, 0.5) is 34.1 Å². The highest BCUT2D eigenvalue weighted by Gasteiger charge is 2.46. The number of hydrogen-bond donors (Lipinski definition) is 0. The molecule has 2 nitrogen and oxygen atoms in total. The summed E-state index contributed by atoms with van der Waals surface area (Å²) in [7, 11) is -4.03. The maximum atomic E-state index is 10.1. The van der Waals surface area contributed by atoms with Crippen molar-refractivity contribution < 1.29 is 27.4 Å². The number of nitrogens with zero attached hydrogens (tertiary/aromatic N) is 2. The number of benzene rings is 11. The third kappa shape index (κ3) is 11.3. The molecule has 14 rings (SSSR count). The summed E-state index contributed by atoms with van der Waals surface area (Å²) < 4.78 is 192. The first-order valence-electron chi connectivity index (χ1n) is 41.9. The summed E-state index contributed by atoms with van der Waals surface area (Å²) in [6, 6.07) is 28.6. The molecule has 1 fully saturated rings. The Balaban J connectivity index is 1.28. The fourth-order valence-electron chi connectivity index (χ4n) is 13.8. The summed E-state index contributed by atoms with van der Waals surface area (Å²) in [5.74, 6) is -0.176. The second-order valence-electron chi connectivity index (χ2n) is 29.0. The fourth-order valence-corrected chi connectivity index (χ4v) is 16.1. The monoisotopic (exact) mass is 1230 g/mol. The van der Waals surface area contributed by atoms with Gasteiger partial charge in [-0.25, -0.2) is 0 Å². The summed E-state index contributed by atoms with van der Waals surface area (Å²) in [6.45, 7) is 24.5. The molecule has 452 valence electrons. The van der Waals surface area contributed by atoms with E-state index >= 15 is 0 Å². The second kappa shape index (κ2) is 23.3. The molecule has 91 heavy (non-hydrogen) atoms. The van der Waals surface area contributed by atoms with E-state index in [1.807, 2.05) is 63.5 Å². The van der Waals surface area contributed by atoms with Gasteiger partial charge in [-0.15, -0.1) is 0 Å². The van der Waals surface area contributed by atoms with Crippen LogP contribution < -0.4 is 36.6 Å². The highest BCUT2D eigenvalue weighted by Crippen LogP contribution is 2.56. The Hall–Kier alpha value is -8.48. The van der Waals surface area contributed by atoms with Gasteiger partial charge in [0, 0.05) is 45.0 Å². The molecule has 0 unspecified atom stereocenters. The van der Waals surface area contributed by atoms with E-state index in [-0.39, 0.29) is 61.8 Å². The van der Waals surface area contributed by atoms with E-state index in [4.69, 9.17) is 5.48 Å². The zero-order valence-corrected chi connectivity index (χ0v) is 56.1. The maximum Gasteiger partial charge on any atom is 0.252 e. The molecule has 0 N–H and O–H groups in total. The fraction of sp³-hybridized carbons (Fsp3) is 0.233. The highest BCUT2D eigenvalue weighted by molar-refractivity contribution is 7.00. The summed E-state index contributed by atoms with van der Waals surface area (Å²) in [4.78, 5) is 3.99. The van der Waals surface area contributed by atoms with Gasteiger partial charge in [-0.1, -0.05) is 304 Å². The van der Waals surface area contributed by atoms with Gasteiger partial charge < -0.3 is 9.80 Å². The van der Waals surface area contributed by atoms with Gasteiger partial charge in [-0.2, -0.15) is 0 Å². The standard InChI is InChI=1S/C86H87BN2Si2/c1-85(2,3)68-54-72(59-32-20-14-21-33-59)83(73(55-68)60-34-22-15-23-35-60)88-78-50-65(63-40-28-42-70(48-63)90(7,8)9)44-46-76(78)87-77-47-45-66(64-41-29-43-71(49-64)91(10,11)12)51-79(77)89(81-53-67(52-80(88)82(81)87)58-30-18-13-19-31-58)84-74(61-36-24-16-25-37-61)56-69(86(4,5)6)57-75(84)62-38-26-17-27-39-62/h14-17,20-29,32-58H,13,18-19,30-31H2,1-12H3/i14D,15D,16D,17D,20D,21D,22D,23D,24D,25D,26D,27D,32D,33D,34D,35D,36D,37D,38D,39D. The molecule has 0 bridgehead atoms. The van der Waals surface area contributed by atoms with E-state index in [2.05, 4.69) is 124 Å². The maximum absolute atomic E-state index is 10.1. The zero-order chi connectivity index (χ0) is 80.5. The number of fused-ring (bicyclic) bond motifs is 4. The summed E-state index contributed by atoms with van der Waals surface area (Å²) in [6.07, 6.45) is 4.07. The van der Waals surface area contributed by atoms with Gasteiger partial charge in [-0.05, 0) is 156 Å². The molecule has 2 heterocycles. The van der Waals surface area contributed by atoms with Crippen molar-refractivity contribution >= 4 is 83.7 Å². The lowest BCUT2D eigenvalue weighted by Gasteiger charge is -2.46. The minimum atomic E-state index is -2.02. The van der Waals surface area contributed by atoms with Crippen molar-refractivity contribution in [1.29, 1.82) is 0 Å². The lowest BCUT2D eigenvalue weighted by molar-refractivity contribution is 0.444. The Kier molecular flexibility index (Phi) is 10.5. The molecule has 1 aliphatic carbocycles. The first kappa shape index (κ1) is 41.1. The molecule has 1 saturated carbocycles. The van der Waals surface area contributed by atoms with Crippen molar-refractivity contribution in [3.8, 4) is 66.8 Å². The van der Waals surface area contributed by atoms with Crippen LogP contribution in [0.5, 0.6) is 0 Å². The Bertz CT molecular complexity index is 5170. The Morgan fingerprint density at radius 3 is 1.04 bits per heavy atom. The van der Waals surface area contributed by atoms with Crippen molar-refractivity contribution in [2.75, 3.05) is 9.80 Å². The van der Waals surface area contributed by atoms with Crippen molar-refractivity contribution in [3.05, 3.63) is 259 Å². The van der Waals surface area contributed by atoms with Crippen molar-refractivity contribution in [2.45, 2.75) is 130 Å². The van der Waals surface area contributed by atoms with Crippen molar-refractivity contribution in [2.24, 2.45) is 0 Å². The molecular weight excluding hydrogens is 1130 g/mol. The molecule has 0 atom stereocenters. The van der Waals surface area contributed by atoms with E-state index in [9.17, 15) is 21.9 Å². The summed E-state index contributed by atoms with van der Waals surface area (Å²) in [5, 5.41) is 2.36. The molecule has 5 heteroatoms. The molecule has 2 aliphatic heterocycles. The molecule has 0 saturated heterocycles. The van der Waals surface area contributed by atoms with E-state index in [0.29, 0.717) is 63.1 Å². The molecule has 0 amide bonds. The Morgan fingerprint density at radius 2 is 0.714 bits per heavy atom. The lowest BCUT2D eigenvalue weighted by Crippen LogP contribution is -2.61. The van der Waals surface area contributed by atoms with Gasteiger partial charge in [0.15, 0.2) is 0 Å². The van der Waals surface area contributed by atoms with Gasteiger partial charge in [0.05, 0.1) is 54.9 Å². The first-order chi connectivity index (χ1) is 51.9. The zero-order valence-electron chi connectivity index (χ0n) is 74.1. The minimum Gasteiger partial charge on any atom is -0.310 e. The van der Waals surface area contributed by atoms with Crippen molar-refractivity contribution in [3.63, 3.8) is 0 Å². The number of rotatable bonds is 11. The van der Waals surface area contributed by atoms with Gasteiger partial charge in [0.2, 0.25) is 0 Å². The smallest absolute Gasteiger partial charge is 0.252 e. The van der Waals surface area contributed by atoms with Crippen molar-refractivity contribution in [1.82, 2.24) is 0 Å². The molecule has 3 aliphatic rings. The first-order valence-corrected chi connectivity index (χ1v) is 38.9. The normalized spacial score (nSPS) is 17.3. The van der Waals surface area contributed by atoms with Crippen LogP contribution in [0.1, 0.15) is 124 Å². The molecule has 0 aromatic heterocycles. The van der Waals surface area contributed by atoms with E-state index < -0.39 is 155 Å².